The third kappa shape index (κ3) is 4.50. The van der Waals surface area contributed by atoms with E-state index in [4.69, 9.17) is 9.97 Å². The Hall–Kier alpha value is -3.55. The molecule has 0 radical (unpaired) electrons. The van der Waals surface area contributed by atoms with Crippen molar-refractivity contribution in [3.63, 3.8) is 0 Å². The Morgan fingerprint density at radius 2 is 1.84 bits per heavy atom. The van der Waals surface area contributed by atoms with Crippen LogP contribution in [0.25, 0.3) is 42.5 Å². The van der Waals surface area contributed by atoms with E-state index in [9.17, 15) is 13.2 Å². The molecule has 1 unspecified atom stereocenters. The number of thiophene rings is 1. The number of fused-ring (bicyclic) bond motifs is 6. The molecule has 5 aromatic rings. The normalized spacial score (nSPS) is 23.4. The number of rotatable bonds is 3. The zero-order valence-electron chi connectivity index (χ0n) is 24.9. The predicted molar refractivity (Wildman–Crippen MR) is 169 cm³/mol. The smallest absolute Gasteiger partial charge is 0.353 e. The van der Waals surface area contributed by atoms with Gasteiger partial charge in [-0.2, -0.15) is 23.3 Å². The van der Waals surface area contributed by atoms with Gasteiger partial charge in [0, 0.05) is 66.8 Å². The highest BCUT2D eigenvalue weighted by molar-refractivity contribution is 7.26. The summed E-state index contributed by atoms with van der Waals surface area (Å²) in [5.41, 5.74) is 0.341. The molecule has 8 rings (SSSR count). The summed E-state index contributed by atoms with van der Waals surface area (Å²) >= 11 is 1.41. The number of benzene rings is 1. The maximum atomic E-state index is 14.7. The van der Waals surface area contributed by atoms with E-state index in [1.807, 2.05) is 6.07 Å². The molecule has 0 spiro atoms. The molecule has 0 amide bonds. The zero-order chi connectivity index (χ0) is 30.3. The lowest BCUT2D eigenvalue weighted by Gasteiger charge is -2.35. The maximum absolute atomic E-state index is 14.7. The van der Waals surface area contributed by atoms with Crippen molar-refractivity contribution < 1.29 is 13.2 Å². The van der Waals surface area contributed by atoms with Crippen molar-refractivity contribution >= 4 is 54.3 Å². The van der Waals surface area contributed by atoms with Gasteiger partial charge in [-0.3, -0.25) is 10.1 Å². The van der Waals surface area contributed by atoms with Gasteiger partial charge in [0.1, 0.15) is 10.6 Å². The second-order valence-corrected chi connectivity index (χ2v) is 13.6. The van der Waals surface area contributed by atoms with E-state index >= 15 is 0 Å². The molecule has 0 aliphatic carbocycles. The Bertz CT molecular complexity index is 1890. The molecule has 4 aromatic heterocycles. The van der Waals surface area contributed by atoms with Gasteiger partial charge < -0.3 is 20.0 Å². The molecule has 3 aliphatic heterocycles. The number of piperazine rings is 1. The van der Waals surface area contributed by atoms with Crippen LogP contribution < -0.4 is 15.1 Å². The summed E-state index contributed by atoms with van der Waals surface area (Å²) in [5.74, 6) is 1.55. The third-order valence-electron chi connectivity index (χ3n) is 9.50. The molecule has 9 nitrogen and oxygen atoms in total. The Labute approximate surface area is 256 Å². The van der Waals surface area contributed by atoms with E-state index in [0.717, 1.165) is 73.4 Å². The van der Waals surface area contributed by atoms with Crippen molar-refractivity contribution in [2.24, 2.45) is 0 Å². The Morgan fingerprint density at radius 1 is 1.05 bits per heavy atom. The first-order chi connectivity index (χ1) is 21.2. The Kier molecular flexibility index (Phi) is 6.51. The second-order valence-electron chi connectivity index (χ2n) is 12.6. The Morgan fingerprint density at radius 3 is 2.61 bits per heavy atom. The van der Waals surface area contributed by atoms with Crippen LogP contribution in [0.5, 0.6) is 0 Å². The van der Waals surface area contributed by atoms with E-state index < -0.39 is 11.7 Å². The lowest BCUT2D eigenvalue weighted by Crippen LogP contribution is -2.51. The number of likely N-dealkylation sites (N-methyl/N-ethyl adjacent to an activating group) is 1. The van der Waals surface area contributed by atoms with Crippen LogP contribution in [0.15, 0.2) is 24.5 Å². The summed E-state index contributed by atoms with van der Waals surface area (Å²) in [6, 6.07) is 4.42. The molecule has 0 saturated carbocycles. The first kappa shape index (κ1) is 28.0. The van der Waals surface area contributed by atoms with Crippen LogP contribution in [0.2, 0.25) is 0 Å². The topological polar surface area (TPSA) is 89.1 Å². The highest BCUT2D eigenvalue weighted by atomic mass is 32.1. The zero-order valence-corrected chi connectivity index (χ0v) is 25.7. The third-order valence-corrected chi connectivity index (χ3v) is 10.6. The fourth-order valence-electron chi connectivity index (χ4n) is 7.58. The number of aryl methyl sites for hydroxylation is 1. The lowest BCUT2D eigenvalue weighted by atomic mass is 9.94. The van der Waals surface area contributed by atoms with Crippen molar-refractivity contribution in [3.8, 4) is 11.3 Å². The van der Waals surface area contributed by atoms with Gasteiger partial charge in [0.25, 0.3) is 0 Å². The molecule has 44 heavy (non-hydrogen) atoms. The van der Waals surface area contributed by atoms with Gasteiger partial charge in [-0.1, -0.05) is 0 Å². The number of hydrogen-bond donors (Lipinski definition) is 2. The van der Waals surface area contributed by atoms with Gasteiger partial charge in [0.15, 0.2) is 0 Å². The van der Waals surface area contributed by atoms with Gasteiger partial charge in [-0.15, -0.1) is 11.3 Å². The van der Waals surface area contributed by atoms with Crippen molar-refractivity contribution in [3.05, 3.63) is 35.7 Å². The molecule has 3 aliphatic rings. The molecule has 3 atom stereocenters. The maximum Gasteiger partial charge on any atom is 0.417 e. The second kappa shape index (κ2) is 10.2. The number of H-pyrrole nitrogens is 1. The molecule has 3 saturated heterocycles. The number of anilines is 2. The van der Waals surface area contributed by atoms with Crippen molar-refractivity contribution in [1.82, 2.24) is 35.4 Å². The van der Waals surface area contributed by atoms with E-state index in [1.54, 1.807) is 6.20 Å². The number of aromatic nitrogens is 5. The minimum Gasteiger partial charge on any atom is -0.353 e. The number of nitrogens with zero attached hydrogens (tertiary/aromatic N) is 7. The van der Waals surface area contributed by atoms with Crippen LogP contribution in [0, 0.1) is 6.92 Å². The molecule has 1 aromatic carbocycles. The quantitative estimate of drug-likeness (QED) is 0.270. The molecule has 3 fully saturated rings. The number of aromatic amines is 1. The number of alkyl halides is 3. The number of halogens is 3. The average molecular weight is 622 g/mol. The summed E-state index contributed by atoms with van der Waals surface area (Å²) < 4.78 is 44.7. The SMILES string of the molecule is Cc1cc2[nH]ncc2c(-c2nccc3c2sc2nc(N4CCCN(C)CC4C)nc(N4C[C@H]5CC[C@@H](C4)N5)c23)c1C(F)(F)F. The molecule has 13 heteroatoms. The first-order valence-electron chi connectivity index (χ1n) is 15.3. The molecule has 2 bridgehead atoms. The van der Waals surface area contributed by atoms with Crippen LogP contribution >= 0.6 is 11.3 Å². The lowest BCUT2D eigenvalue weighted by molar-refractivity contribution is -0.137. The average Bonchev–Trinajstić information content (AvgIpc) is 3.66. The van der Waals surface area contributed by atoms with E-state index in [-0.39, 0.29) is 17.2 Å². The molecular formula is C31H34F3N9S. The van der Waals surface area contributed by atoms with Crippen LogP contribution in [0.3, 0.4) is 0 Å². The predicted octanol–water partition coefficient (Wildman–Crippen LogP) is 5.58. The summed E-state index contributed by atoms with van der Waals surface area (Å²) in [7, 11) is 2.14. The minimum atomic E-state index is -4.57. The van der Waals surface area contributed by atoms with Crippen LogP contribution in [0.4, 0.5) is 24.9 Å². The van der Waals surface area contributed by atoms with Gasteiger partial charge in [-0.25, -0.2) is 4.98 Å². The molecule has 7 heterocycles. The van der Waals surface area contributed by atoms with Crippen molar-refractivity contribution in [2.75, 3.05) is 49.6 Å². The summed E-state index contributed by atoms with van der Waals surface area (Å²) in [5, 5.41) is 12.8. The number of hydrogen-bond acceptors (Lipinski definition) is 9. The first-order valence-corrected chi connectivity index (χ1v) is 16.1. The fraction of sp³-hybridized carbons (Fsp3) is 0.484. The summed E-state index contributed by atoms with van der Waals surface area (Å²) in [6.07, 6.45) is 1.77. The summed E-state index contributed by atoms with van der Waals surface area (Å²) in [6.45, 7) is 8.13. The van der Waals surface area contributed by atoms with Crippen molar-refractivity contribution in [2.45, 2.75) is 57.4 Å². The molecule has 230 valence electrons. The van der Waals surface area contributed by atoms with Crippen LogP contribution in [-0.4, -0.2) is 87.9 Å². The highest BCUT2D eigenvalue weighted by Gasteiger charge is 2.39. The minimum absolute atomic E-state index is 0.0533. The van der Waals surface area contributed by atoms with E-state index in [2.05, 4.69) is 49.2 Å². The van der Waals surface area contributed by atoms with Crippen LogP contribution in [-0.2, 0) is 6.18 Å². The number of nitrogens with one attached hydrogen (secondary N) is 2. The summed E-state index contributed by atoms with van der Waals surface area (Å²) in [4.78, 5) is 22.8. The fourth-order valence-corrected chi connectivity index (χ4v) is 8.74. The monoisotopic (exact) mass is 621 g/mol. The van der Waals surface area contributed by atoms with Crippen molar-refractivity contribution in [1.29, 1.82) is 0 Å². The van der Waals surface area contributed by atoms with Gasteiger partial charge in [-0.05, 0) is 64.4 Å². The van der Waals surface area contributed by atoms with Gasteiger partial charge >= 0.3 is 6.18 Å². The number of pyridine rings is 1. The van der Waals surface area contributed by atoms with Crippen LogP contribution in [0.1, 0.15) is 37.3 Å². The standard InChI is InChI=1S/C31H34F3N9S/c1-16-11-22-21(12-36-40-22)23(25(16)31(32,33)34)26-27-20(7-8-35-26)24-28(42-14-18-5-6-19(15-42)37-18)38-30(39-29(24)44-27)43-10-4-9-41(3)13-17(43)2/h7-8,11-12,17-19,37H,4-6,9-10,13-15H2,1-3H3,(H,36,40)/t17?,18-,19+. The Balaban J connectivity index is 1.39. The van der Waals surface area contributed by atoms with Gasteiger partial charge in [0.05, 0.1) is 33.1 Å². The van der Waals surface area contributed by atoms with Gasteiger partial charge in [0.2, 0.25) is 5.95 Å². The van der Waals surface area contributed by atoms with E-state index in [1.165, 1.54) is 30.5 Å². The largest absolute Gasteiger partial charge is 0.417 e. The highest BCUT2D eigenvalue weighted by Crippen LogP contribution is 2.48. The molecule has 2 N–H and O–H groups in total. The van der Waals surface area contributed by atoms with E-state index in [0.29, 0.717) is 39.3 Å². The molecular weight excluding hydrogens is 587 g/mol.